The molecule has 1 saturated heterocycles. The molecule has 0 radical (unpaired) electrons. The molecule has 1 N–H and O–H groups in total. The standard InChI is InChI=1S/C17H18N4O3S3/c1-2-3-6-14-19-20-16(27-14)18-13(22)7-8-21-15(23)12(26-17(21)25)10-11-5-4-9-24-11/h4-5,9-10H,2-3,6-8H2,1H3,(H,18,20,22). The summed E-state index contributed by atoms with van der Waals surface area (Å²) in [5.74, 6) is 0.146. The molecule has 0 spiro atoms. The summed E-state index contributed by atoms with van der Waals surface area (Å²) in [7, 11) is 0. The van der Waals surface area contributed by atoms with Crippen LogP contribution in [-0.2, 0) is 16.0 Å². The normalized spacial score (nSPS) is 15.7. The molecule has 3 heterocycles. The Bertz CT molecular complexity index is 861. The van der Waals surface area contributed by atoms with Crippen molar-refractivity contribution in [3.05, 3.63) is 34.1 Å². The molecule has 0 bridgehead atoms. The molecule has 0 aliphatic carbocycles. The molecular formula is C17H18N4O3S3. The van der Waals surface area contributed by atoms with Crippen molar-refractivity contribution >= 4 is 62.7 Å². The molecule has 7 nitrogen and oxygen atoms in total. The van der Waals surface area contributed by atoms with Crippen LogP contribution in [0, 0.1) is 0 Å². The number of aryl methyl sites for hydroxylation is 1. The van der Waals surface area contributed by atoms with Gasteiger partial charge in [0.15, 0.2) is 0 Å². The SMILES string of the molecule is CCCCc1nnc(NC(=O)CCN2C(=O)C(=Cc3ccco3)SC2=S)s1. The second kappa shape index (κ2) is 9.25. The summed E-state index contributed by atoms with van der Waals surface area (Å²) in [4.78, 5) is 26.5. The zero-order valence-corrected chi connectivity index (χ0v) is 17.1. The number of carbonyl (C=O) groups is 2. The lowest BCUT2D eigenvalue weighted by atomic mass is 10.3. The summed E-state index contributed by atoms with van der Waals surface area (Å²) >= 11 is 7.84. The fraction of sp³-hybridized carbons (Fsp3) is 0.353. The third-order valence-corrected chi connectivity index (χ3v) is 5.99. The fourth-order valence-electron chi connectivity index (χ4n) is 2.32. The first-order valence-electron chi connectivity index (χ1n) is 8.48. The number of thioether (sulfide) groups is 1. The van der Waals surface area contributed by atoms with E-state index in [-0.39, 0.29) is 24.8 Å². The Hall–Kier alpha value is -2.04. The molecule has 0 atom stereocenters. The van der Waals surface area contributed by atoms with Gasteiger partial charge in [-0.3, -0.25) is 14.5 Å². The van der Waals surface area contributed by atoms with Gasteiger partial charge in [-0.05, 0) is 18.6 Å². The lowest BCUT2D eigenvalue weighted by Gasteiger charge is -2.13. The lowest BCUT2D eigenvalue weighted by Crippen LogP contribution is -2.31. The highest BCUT2D eigenvalue weighted by atomic mass is 32.2. The molecule has 2 aromatic rings. The highest BCUT2D eigenvalue weighted by Gasteiger charge is 2.32. The fourth-order valence-corrected chi connectivity index (χ4v) is 4.41. The van der Waals surface area contributed by atoms with E-state index >= 15 is 0 Å². The van der Waals surface area contributed by atoms with Crippen LogP contribution in [0.25, 0.3) is 6.08 Å². The molecule has 0 aromatic carbocycles. The Balaban J connectivity index is 1.52. The third-order valence-electron chi connectivity index (χ3n) is 3.71. The molecule has 10 heteroatoms. The van der Waals surface area contributed by atoms with E-state index in [2.05, 4.69) is 22.4 Å². The monoisotopic (exact) mass is 422 g/mol. The van der Waals surface area contributed by atoms with E-state index < -0.39 is 0 Å². The number of rotatable bonds is 8. The molecule has 3 rings (SSSR count). The van der Waals surface area contributed by atoms with Gasteiger partial charge in [-0.2, -0.15) is 0 Å². The van der Waals surface area contributed by atoms with Gasteiger partial charge in [0.05, 0.1) is 11.2 Å². The van der Waals surface area contributed by atoms with Crippen molar-refractivity contribution < 1.29 is 14.0 Å². The maximum atomic E-state index is 12.5. The number of anilines is 1. The molecule has 2 aromatic heterocycles. The van der Waals surface area contributed by atoms with Crippen molar-refractivity contribution in [1.29, 1.82) is 0 Å². The number of thiocarbonyl (C=S) groups is 1. The van der Waals surface area contributed by atoms with Crippen LogP contribution in [-0.4, -0.2) is 37.8 Å². The van der Waals surface area contributed by atoms with Crippen molar-refractivity contribution in [3.63, 3.8) is 0 Å². The van der Waals surface area contributed by atoms with Crippen molar-refractivity contribution in [2.75, 3.05) is 11.9 Å². The topological polar surface area (TPSA) is 88.3 Å². The summed E-state index contributed by atoms with van der Waals surface area (Å²) < 4.78 is 5.66. The van der Waals surface area contributed by atoms with Gasteiger partial charge in [-0.1, -0.05) is 48.7 Å². The number of nitrogens with one attached hydrogen (secondary N) is 1. The molecular weight excluding hydrogens is 404 g/mol. The number of hydrogen-bond donors (Lipinski definition) is 1. The minimum absolute atomic E-state index is 0.129. The average Bonchev–Trinajstić information content (AvgIpc) is 3.36. The number of unbranched alkanes of at least 4 members (excludes halogenated alkanes) is 1. The van der Waals surface area contributed by atoms with Crippen LogP contribution in [0.1, 0.15) is 37.0 Å². The number of aromatic nitrogens is 2. The Kier molecular flexibility index (Phi) is 6.75. The second-order valence-electron chi connectivity index (χ2n) is 5.75. The first-order valence-corrected chi connectivity index (χ1v) is 10.5. The van der Waals surface area contributed by atoms with E-state index in [1.807, 2.05) is 0 Å². The highest BCUT2D eigenvalue weighted by Crippen LogP contribution is 2.32. The van der Waals surface area contributed by atoms with Crippen LogP contribution < -0.4 is 5.32 Å². The van der Waals surface area contributed by atoms with Gasteiger partial charge in [0.25, 0.3) is 5.91 Å². The highest BCUT2D eigenvalue weighted by molar-refractivity contribution is 8.26. The first kappa shape index (κ1) is 19.7. The number of nitrogens with zero attached hydrogens (tertiary/aromatic N) is 3. The zero-order chi connectivity index (χ0) is 19.2. The van der Waals surface area contributed by atoms with Crippen LogP contribution in [0.15, 0.2) is 27.7 Å². The van der Waals surface area contributed by atoms with Crippen molar-refractivity contribution in [2.24, 2.45) is 0 Å². The summed E-state index contributed by atoms with van der Waals surface area (Å²) in [6.45, 7) is 2.33. The minimum atomic E-state index is -0.225. The van der Waals surface area contributed by atoms with E-state index in [0.29, 0.717) is 20.1 Å². The zero-order valence-electron chi connectivity index (χ0n) is 14.6. The molecule has 1 fully saturated rings. The van der Waals surface area contributed by atoms with Gasteiger partial charge >= 0.3 is 0 Å². The van der Waals surface area contributed by atoms with E-state index in [1.54, 1.807) is 18.2 Å². The van der Waals surface area contributed by atoms with Gasteiger partial charge in [0.1, 0.15) is 15.1 Å². The quantitative estimate of drug-likeness (QED) is 0.512. The molecule has 2 amide bonds. The largest absolute Gasteiger partial charge is 0.465 e. The van der Waals surface area contributed by atoms with Crippen LogP contribution in [0.5, 0.6) is 0 Å². The molecule has 142 valence electrons. The summed E-state index contributed by atoms with van der Waals surface area (Å²) in [5.41, 5.74) is 0. The predicted molar refractivity (Wildman–Crippen MR) is 110 cm³/mol. The molecule has 0 saturated carbocycles. The summed E-state index contributed by atoms with van der Waals surface area (Å²) in [6, 6.07) is 3.51. The van der Waals surface area contributed by atoms with Crippen molar-refractivity contribution in [2.45, 2.75) is 32.6 Å². The summed E-state index contributed by atoms with van der Waals surface area (Å²) in [6.07, 6.45) is 6.31. The number of furan rings is 1. The van der Waals surface area contributed by atoms with Gasteiger partial charge in [-0.15, -0.1) is 10.2 Å². The second-order valence-corrected chi connectivity index (χ2v) is 8.49. The van der Waals surface area contributed by atoms with E-state index in [1.165, 1.54) is 34.3 Å². The minimum Gasteiger partial charge on any atom is -0.465 e. The van der Waals surface area contributed by atoms with Crippen LogP contribution in [0.2, 0.25) is 0 Å². The average molecular weight is 423 g/mol. The summed E-state index contributed by atoms with van der Waals surface area (Å²) in [5, 5.41) is 12.2. The molecule has 1 aliphatic rings. The Labute approximate surface area is 170 Å². The van der Waals surface area contributed by atoms with E-state index in [9.17, 15) is 9.59 Å². The van der Waals surface area contributed by atoms with Crippen LogP contribution >= 0.6 is 35.3 Å². The van der Waals surface area contributed by atoms with Crippen molar-refractivity contribution in [3.8, 4) is 0 Å². The molecule has 0 unspecified atom stereocenters. The van der Waals surface area contributed by atoms with Crippen LogP contribution in [0.3, 0.4) is 0 Å². The maximum Gasteiger partial charge on any atom is 0.266 e. The van der Waals surface area contributed by atoms with Gasteiger partial charge in [0.2, 0.25) is 11.0 Å². The maximum absolute atomic E-state index is 12.5. The van der Waals surface area contributed by atoms with Gasteiger partial charge in [-0.25, -0.2) is 0 Å². The Morgan fingerprint density at radius 2 is 2.30 bits per heavy atom. The van der Waals surface area contributed by atoms with Gasteiger partial charge in [0, 0.05) is 25.5 Å². The predicted octanol–water partition coefficient (Wildman–Crippen LogP) is 3.70. The van der Waals surface area contributed by atoms with E-state index in [0.717, 1.165) is 24.3 Å². The van der Waals surface area contributed by atoms with Gasteiger partial charge < -0.3 is 9.73 Å². The number of amides is 2. The molecule has 27 heavy (non-hydrogen) atoms. The smallest absolute Gasteiger partial charge is 0.266 e. The van der Waals surface area contributed by atoms with E-state index in [4.69, 9.17) is 16.6 Å². The lowest BCUT2D eigenvalue weighted by molar-refractivity contribution is -0.122. The first-order chi connectivity index (χ1) is 13.1. The Morgan fingerprint density at radius 1 is 1.44 bits per heavy atom. The number of hydrogen-bond acceptors (Lipinski definition) is 8. The molecule has 1 aliphatic heterocycles. The van der Waals surface area contributed by atoms with Crippen LogP contribution in [0.4, 0.5) is 5.13 Å². The number of carbonyl (C=O) groups excluding carboxylic acids is 2. The third kappa shape index (κ3) is 5.24. The van der Waals surface area contributed by atoms with Crippen molar-refractivity contribution in [1.82, 2.24) is 15.1 Å². The Morgan fingerprint density at radius 3 is 3.04 bits per heavy atom.